The standard InChI is InChI=1S/C26H37N3O2/c1-20-8-7-9-24(18-20)29-14-12-28(13-15-29)11-6-5-10-27-25(30)19-31-26-22(3)16-21(2)17-23(26)4/h7-9,16-18H,5-6,10-15,19H2,1-4H3,(H,27,30). The van der Waals surface area contributed by atoms with E-state index in [1.165, 1.54) is 16.8 Å². The van der Waals surface area contributed by atoms with Gasteiger partial charge in [0.25, 0.3) is 5.91 Å². The highest BCUT2D eigenvalue weighted by molar-refractivity contribution is 5.77. The number of nitrogens with zero attached hydrogens (tertiary/aromatic N) is 2. The van der Waals surface area contributed by atoms with Crippen LogP contribution in [0.15, 0.2) is 36.4 Å². The number of hydrogen-bond acceptors (Lipinski definition) is 4. The number of benzene rings is 2. The lowest BCUT2D eigenvalue weighted by Gasteiger charge is -2.36. The van der Waals surface area contributed by atoms with Crippen molar-refractivity contribution in [1.82, 2.24) is 10.2 Å². The molecule has 1 N–H and O–H groups in total. The summed E-state index contributed by atoms with van der Waals surface area (Å²) in [5.41, 5.74) is 6.01. The van der Waals surface area contributed by atoms with Gasteiger partial charge in [-0.25, -0.2) is 0 Å². The summed E-state index contributed by atoms with van der Waals surface area (Å²) in [5.74, 6) is 0.775. The van der Waals surface area contributed by atoms with Crippen molar-refractivity contribution < 1.29 is 9.53 Å². The second-order valence-electron chi connectivity index (χ2n) is 8.74. The van der Waals surface area contributed by atoms with E-state index in [0.717, 1.165) is 62.4 Å². The minimum absolute atomic E-state index is 0.0499. The largest absolute Gasteiger partial charge is 0.483 e. The van der Waals surface area contributed by atoms with E-state index in [4.69, 9.17) is 4.74 Å². The van der Waals surface area contributed by atoms with E-state index in [9.17, 15) is 4.79 Å². The van der Waals surface area contributed by atoms with Crippen LogP contribution in [0.3, 0.4) is 0 Å². The molecule has 168 valence electrons. The number of unbranched alkanes of at least 4 members (excludes halogenated alkanes) is 1. The Morgan fingerprint density at radius 3 is 2.32 bits per heavy atom. The zero-order valence-electron chi connectivity index (χ0n) is 19.5. The van der Waals surface area contributed by atoms with Crippen molar-refractivity contribution in [2.24, 2.45) is 0 Å². The van der Waals surface area contributed by atoms with Crippen LogP contribution < -0.4 is 15.0 Å². The normalized spacial score (nSPS) is 14.5. The Kier molecular flexibility index (Phi) is 8.35. The molecule has 0 atom stereocenters. The van der Waals surface area contributed by atoms with Gasteiger partial charge < -0.3 is 15.0 Å². The summed E-state index contributed by atoms with van der Waals surface area (Å²) in [6.45, 7) is 14.5. The van der Waals surface area contributed by atoms with E-state index in [-0.39, 0.29) is 12.5 Å². The Hall–Kier alpha value is -2.53. The van der Waals surface area contributed by atoms with Crippen LogP contribution in [0.1, 0.15) is 35.1 Å². The molecule has 0 aliphatic carbocycles. The van der Waals surface area contributed by atoms with Crippen molar-refractivity contribution in [3.8, 4) is 5.75 Å². The lowest BCUT2D eigenvalue weighted by molar-refractivity contribution is -0.123. The van der Waals surface area contributed by atoms with Crippen molar-refractivity contribution in [1.29, 1.82) is 0 Å². The molecule has 0 aromatic heterocycles. The van der Waals surface area contributed by atoms with Crippen molar-refractivity contribution >= 4 is 11.6 Å². The number of carbonyl (C=O) groups excluding carboxylic acids is 1. The summed E-state index contributed by atoms with van der Waals surface area (Å²) in [6, 6.07) is 12.9. The van der Waals surface area contributed by atoms with Gasteiger partial charge in [-0.1, -0.05) is 29.8 Å². The number of carbonyl (C=O) groups is 1. The third kappa shape index (κ3) is 7.00. The first kappa shape index (κ1) is 23.1. The summed E-state index contributed by atoms with van der Waals surface area (Å²) in [7, 11) is 0. The van der Waals surface area contributed by atoms with Gasteiger partial charge in [-0.2, -0.15) is 0 Å². The monoisotopic (exact) mass is 423 g/mol. The van der Waals surface area contributed by atoms with Gasteiger partial charge in [0.1, 0.15) is 5.75 Å². The SMILES string of the molecule is Cc1cccc(N2CCN(CCCCNC(=O)COc3c(C)cc(C)cc3C)CC2)c1. The van der Waals surface area contributed by atoms with Crippen LogP contribution in [0.2, 0.25) is 0 Å². The summed E-state index contributed by atoms with van der Waals surface area (Å²) in [5, 5.41) is 2.98. The quantitative estimate of drug-likeness (QED) is 0.619. The van der Waals surface area contributed by atoms with Crippen molar-refractivity contribution in [3.63, 3.8) is 0 Å². The first-order valence-electron chi connectivity index (χ1n) is 11.4. The van der Waals surface area contributed by atoms with Gasteiger partial charge in [0.05, 0.1) is 0 Å². The van der Waals surface area contributed by atoms with Gasteiger partial charge in [0, 0.05) is 38.4 Å². The minimum atomic E-state index is -0.0499. The molecule has 1 aliphatic rings. The van der Waals surface area contributed by atoms with Crippen molar-refractivity contribution in [3.05, 3.63) is 58.7 Å². The summed E-state index contributed by atoms with van der Waals surface area (Å²) < 4.78 is 5.77. The maximum Gasteiger partial charge on any atom is 0.257 e. The number of amides is 1. The van der Waals surface area contributed by atoms with Gasteiger partial charge in [0.15, 0.2) is 6.61 Å². The highest BCUT2D eigenvalue weighted by Crippen LogP contribution is 2.24. The molecule has 0 bridgehead atoms. The van der Waals surface area contributed by atoms with E-state index in [0.29, 0.717) is 6.54 Å². The van der Waals surface area contributed by atoms with E-state index >= 15 is 0 Å². The van der Waals surface area contributed by atoms with Gasteiger partial charge >= 0.3 is 0 Å². The number of nitrogens with one attached hydrogen (secondary N) is 1. The second kappa shape index (κ2) is 11.2. The number of aryl methyl sites for hydroxylation is 4. The maximum absolute atomic E-state index is 12.1. The van der Waals surface area contributed by atoms with Crippen LogP contribution in [0.5, 0.6) is 5.75 Å². The Bertz CT molecular complexity index is 850. The molecule has 31 heavy (non-hydrogen) atoms. The third-order valence-corrected chi connectivity index (χ3v) is 5.91. The molecule has 0 spiro atoms. The number of anilines is 1. The predicted molar refractivity (Wildman–Crippen MR) is 128 cm³/mol. The molecule has 1 saturated heterocycles. The van der Waals surface area contributed by atoms with E-state index in [1.807, 2.05) is 13.8 Å². The molecule has 5 heteroatoms. The Labute approximate surface area is 187 Å². The van der Waals surface area contributed by atoms with Gasteiger partial charge in [-0.3, -0.25) is 9.69 Å². The van der Waals surface area contributed by atoms with Crippen molar-refractivity contribution in [2.45, 2.75) is 40.5 Å². The number of hydrogen-bond donors (Lipinski definition) is 1. The van der Waals surface area contributed by atoms with E-state index in [2.05, 4.69) is 65.4 Å². The maximum atomic E-state index is 12.1. The van der Waals surface area contributed by atoms with Crippen LogP contribution in [-0.4, -0.2) is 56.7 Å². The van der Waals surface area contributed by atoms with Gasteiger partial charge in [-0.15, -0.1) is 0 Å². The molecule has 5 nitrogen and oxygen atoms in total. The Morgan fingerprint density at radius 1 is 0.935 bits per heavy atom. The average molecular weight is 424 g/mol. The fourth-order valence-electron chi connectivity index (χ4n) is 4.33. The summed E-state index contributed by atoms with van der Waals surface area (Å²) in [4.78, 5) is 17.1. The van der Waals surface area contributed by atoms with E-state index < -0.39 is 0 Å². The highest BCUT2D eigenvalue weighted by Gasteiger charge is 2.16. The van der Waals surface area contributed by atoms with Gasteiger partial charge in [0.2, 0.25) is 0 Å². The number of ether oxygens (including phenoxy) is 1. The second-order valence-corrected chi connectivity index (χ2v) is 8.74. The Balaban J connectivity index is 1.27. The molecule has 0 unspecified atom stereocenters. The van der Waals surface area contributed by atoms with Crippen LogP contribution in [0, 0.1) is 27.7 Å². The molecular weight excluding hydrogens is 386 g/mol. The number of rotatable bonds is 9. The van der Waals surface area contributed by atoms with Gasteiger partial charge in [-0.05, 0) is 75.9 Å². The first-order chi connectivity index (χ1) is 14.9. The van der Waals surface area contributed by atoms with Crippen LogP contribution >= 0.6 is 0 Å². The molecule has 1 heterocycles. The molecular formula is C26H37N3O2. The molecule has 1 aliphatic heterocycles. The molecule has 0 radical (unpaired) electrons. The average Bonchev–Trinajstić information content (AvgIpc) is 2.73. The molecule has 3 rings (SSSR count). The zero-order valence-corrected chi connectivity index (χ0v) is 19.5. The fourth-order valence-corrected chi connectivity index (χ4v) is 4.33. The van der Waals surface area contributed by atoms with Crippen LogP contribution in [0.4, 0.5) is 5.69 Å². The minimum Gasteiger partial charge on any atom is -0.483 e. The summed E-state index contributed by atoms with van der Waals surface area (Å²) in [6.07, 6.45) is 2.09. The molecule has 1 amide bonds. The van der Waals surface area contributed by atoms with Crippen LogP contribution in [0.25, 0.3) is 0 Å². The highest BCUT2D eigenvalue weighted by atomic mass is 16.5. The lowest BCUT2D eigenvalue weighted by Crippen LogP contribution is -2.46. The zero-order chi connectivity index (χ0) is 22.2. The first-order valence-corrected chi connectivity index (χ1v) is 11.4. The smallest absolute Gasteiger partial charge is 0.257 e. The predicted octanol–water partition coefficient (Wildman–Crippen LogP) is 4.02. The van der Waals surface area contributed by atoms with E-state index in [1.54, 1.807) is 0 Å². The lowest BCUT2D eigenvalue weighted by atomic mass is 10.1. The topological polar surface area (TPSA) is 44.8 Å². The molecule has 2 aromatic carbocycles. The summed E-state index contributed by atoms with van der Waals surface area (Å²) >= 11 is 0. The Morgan fingerprint density at radius 2 is 1.65 bits per heavy atom. The molecule has 1 fully saturated rings. The fraction of sp³-hybridized carbons (Fsp3) is 0.500. The molecule has 2 aromatic rings. The molecule has 0 saturated carbocycles. The third-order valence-electron chi connectivity index (χ3n) is 5.91. The van der Waals surface area contributed by atoms with Crippen molar-refractivity contribution in [2.75, 3.05) is 50.8 Å². The van der Waals surface area contributed by atoms with Crippen LogP contribution in [-0.2, 0) is 4.79 Å². The number of piperazine rings is 1.